The van der Waals surface area contributed by atoms with Crippen LogP contribution in [0.2, 0.25) is 0 Å². The van der Waals surface area contributed by atoms with E-state index in [1.807, 2.05) is 55.5 Å². The number of nitrogens with zero attached hydrogens (tertiary/aromatic N) is 3. The Morgan fingerprint density at radius 3 is 2.75 bits per heavy atom. The summed E-state index contributed by atoms with van der Waals surface area (Å²) in [5.41, 5.74) is 2.16. The number of hydrogen-bond acceptors (Lipinski definition) is 6. The fourth-order valence-electron chi connectivity index (χ4n) is 3.13. The van der Waals surface area contributed by atoms with Crippen LogP contribution >= 0.6 is 11.8 Å². The molecule has 1 aromatic heterocycles. The quantitative estimate of drug-likeness (QED) is 0.681. The van der Waals surface area contributed by atoms with Gasteiger partial charge < -0.3 is 14.6 Å². The minimum Gasteiger partial charge on any atom is -0.411 e. The second kappa shape index (κ2) is 7.85. The molecule has 0 bridgehead atoms. The Labute approximate surface area is 166 Å². The number of anilines is 2. The number of carbonyl (C=O) groups is 2. The van der Waals surface area contributed by atoms with Gasteiger partial charge in [-0.15, -0.1) is 10.2 Å². The molecule has 1 atom stereocenters. The first-order chi connectivity index (χ1) is 13.6. The molecule has 0 fully saturated rings. The molecule has 3 aromatic rings. The number of para-hydroxylation sites is 2. The number of thioether (sulfide) groups is 1. The van der Waals surface area contributed by atoms with Crippen molar-refractivity contribution in [3.8, 4) is 11.5 Å². The zero-order valence-corrected chi connectivity index (χ0v) is 16.0. The van der Waals surface area contributed by atoms with Gasteiger partial charge in [0.15, 0.2) is 0 Å². The molecule has 1 aliphatic heterocycles. The van der Waals surface area contributed by atoms with Crippen molar-refractivity contribution in [3.05, 3.63) is 54.6 Å². The summed E-state index contributed by atoms with van der Waals surface area (Å²) >= 11 is 1.19. The maximum atomic E-state index is 13.0. The van der Waals surface area contributed by atoms with Crippen molar-refractivity contribution in [2.45, 2.75) is 24.6 Å². The highest BCUT2D eigenvalue weighted by molar-refractivity contribution is 7.99. The van der Waals surface area contributed by atoms with Crippen LogP contribution in [0.4, 0.5) is 11.4 Å². The SMILES string of the molecule is CC1CC(=O)Nc2ccccc2N1C(=O)CSc1nnc(-c2ccccc2)o1. The molecular weight excluding hydrogens is 376 g/mol. The molecule has 1 N–H and O–H groups in total. The molecule has 4 rings (SSSR count). The summed E-state index contributed by atoms with van der Waals surface area (Å²) in [5.74, 6) is 0.315. The van der Waals surface area contributed by atoms with Crippen LogP contribution in [0.1, 0.15) is 13.3 Å². The van der Waals surface area contributed by atoms with E-state index in [1.165, 1.54) is 11.8 Å². The first kappa shape index (κ1) is 18.2. The molecule has 2 amide bonds. The molecule has 1 aliphatic rings. The van der Waals surface area contributed by atoms with Gasteiger partial charge in [0, 0.05) is 18.0 Å². The molecule has 0 spiro atoms. The predicted molar refractivity (Wildman–Crippen MR) is 107 cm³/mol. The van der Waals surface area contributed by atoms with Crippen LogP contribution in [-0.2, 0) is 9.59 Å². The van der Waals surface area contributed by atoms with Crippen LogP contribution in [-0.4, -0.2) is 33.8 Å². The number of benzene rings is 2. The maximum Gasteiger partial charge on any atom is 0.277 e. The van der Waals surface area contributed by atoms with E-state index in [-0.39, 0.29) is 30.0 Å². The number of hydrogen-bond donors (Lipinski definition) is 1. The van der Waals surface area contributed by atoms with Gasteiger partial charge in [0.2, 0.25) is 17.7 Å². The normalized spacial score (nSPS) is 16.2. The van der Waals surface area contributed by atoms with Gasteiger partial charge in [-0.2, -0.15) is 0 Å². The molecule has 0 saturated carbocycles. The van der Waals surface area contributed by atoms with Crippen LogP contribution in [0, 0.1) is 0 Å². The fraction of sp³-hybridized carbons (Fsp3) is 0.200. The van der Waals surface area contributed by atoms with Gasteiger partial charge in [-0.05, 0) is 31.2 Å². The molecule has 2 aromatic carbocycles. The Morgan fingerprint density at radius 1 is 1.18 bits per heavy atom. The molecule has 1 unspecified atom stereocenters. The van der Waals surface area contributed by atoms with Crippen molar-refractivity contribution in [3.63, 3.8) is 0 Å². The summed E-state index contributed by atoms with van der Waals surface area (Å²) in [6, 6.07) is 16.5. The molecule has 0 radical (unpaired) electrons. The molecule has 28 heavy (non-hydrogen) atoms. The van der Waals surface area contributed by atoms with Gasteiger partial charge in [0.1, 0.15) is 0 Å². The lowest BCUT2D eigenvalue weighted by atomic mass is 10.2. The number of amides is 2. The minimum absolute atomic E-state index is 0.104. The summed E-state index contributed by atoms with van der Waals surface area (Å²) in [7, 11) is 0. The number of aromatic nitrogens is 2. The van der Waals surface area contributed by atoms with Crippen molar-refractivity contribution in [1.82, 2.24) is 10.2 Å². The Hall–Kier alpha value is -3.13. The number of nitrogens with one attached hydrogen (secondary N) is 1. The number of fused-ring (bicyclic) bond motifs is 1. The van der Waals surface area contributed by atoms with E-state index in [0.29, 0.717) is 22.5 Å². The first-order valence-corrected chi connectivity index (χ1v) is 9.83. The van der Waals surface area contributed by atoms with E-state index in [9.17, 15) is 9.59 Å². The summed E-state index contributed by atoms with van der Waals surface area (Å²) in [6.07, 6.45) is 0.240. The Kier molecular flexibility index (Phi) is 5.12. The van der Waals surface area contributed by atoms with Crippen molar-refractivity contribution in [2.24, 2.45) is 0 Å². The lowest BCUT2D eigenvalue weighted by Gasteiger charge is -2.27. The topological polar surface area (TPSA) is 88.3 Å². The highest BCUT2D eigenvalue weighted by atomic mass is 32.2. The Balaban J connectivity index is 1.49. The van der Waals surface area contributed by atoms with Crippen LogP contribution in [0.25, 0.3) is 11.5 Å². The van der Waals surface area contributed by atoms with Crippen molar-refractivity contribution < 1.29 is 14.0 Å². The van der Waals surface area contributed by atoms with Crippen molar-refractivity contribution in [2.75, 3.05) is 16.0 Å². The summed E-state index contributed by atoms with van der Waals surface area (Å²) in [4.78, 5) is 26.7. The Bertz CT molecular complexity index is 1010. The summed E-state index contributed by atoms with van der Waals surface area (Å²) in [6.45, 7) is 1.87. The third-order valence-corrected chi connectivity index (χ3v) is 5.18. The standard InChI is InChI=1S/C20H18N4O3S/c1-13-11-17(25)21-15-9-5-6-10-16(15)24(13)18(26)12-28-20-23-22-19(27-20)14-7-3-2-4-8-14/h2-10,13H,11-12H2,1H3,(H,21,25). The molecule has 0 aliphatic carbocycles. The van der Waals surface area contributed by atoms with Gasteiger partial charge in [-0.25, -0.2) is 0 Å². The van der Waals surface area contributed by atoms with E-state index < -0.39 is 0 Å². The average Bonchev–Trinajstić information content (AvgIpc) is 3.12. The largest absolute Gasteiger partial charge is 0.411 e. The van der Waals surface area contributed by atoms with Crippen LogP contribution < -0.4 is 10.2 Å². The highest BCUT2D eigenvalue weighted by Gasteiger charge is 2.29. The van der Waals surface area contributed by atoms with E-state index >= 15 is 0 Å². The zero-order valence-electron chi connectivity index (χ0n) is 15.2. The van der Waals surface area contributed by atoms with E-state index in [4.69, 9.17) is 4.42 Å². The molecule has 0 saturated heterocycles. The lowest BCUT2D eigenvalue weighted by Crippen LogP contribution is -2.40. The van der Waals surface area contributed by atoms with E-state index in [2.05, 4.69) is 15.5 Å². The zero-order chi connectivity index (χ0) is 19.5. The predicted octanol–water partition coefficient (Wildman–Crippen LogP) is 3.59. The number of carbonyl (C=O) groups excluding carboxylic acids is 2. The van der Waals surface area contributed by atoms with Gasteiger partial charge in [0.25, 0.3) is 5.22 Å². The average molecular weight is 394 g/mol. The second-order valence-corrected chi connectivity index (χ2v) is 7.34. The van der Waals surface area contributed by atoms with Crippen molar-refractivity contribution >= 4 is 35.0 Å². The van der Waals surface area contributed by atoms with Crippen molar-refractivity contribution in [1.29, 1.82) is 0 Å². The van der Waals surface area contributed by atoms with Crippen LogP contribution in [0.15, 0.2) is 64.2 Å². The van der Waals surface area contributed by atoms with Gasteiger partial charge in [-0.3, -0.25) is 9.59 Å². The maximum absolute atomic E-state index is 13.0. The third-order valence-electron chi connectivity index (χ3n) is 4.37. The molecule has 2 heterocycles. The fourth-order valence-corrected chi connectivity index (χ4v) is 3.75. The van der Waals surface area contributed by atoms with E-state index in [0.717, 1.165) is 5.56 Å². The Morgan fingerprint density at radius 2 is 1.93 bits per heavy atom. The minimum atomic E-state index is -0.251. The molecular formula is C20H18N4O3S. The smallest absolute Gasteiger partial charge is 0.277 e. The second-order valence-electron chi connectivity index (χ2n) is 6.41. The molecule has 7 nitrogen and oxygen atoms in total. The molecule has 142 valence electrons. The molecule has 8 heteroatoms. The van der Waals surface area contributed by atoms with Crippen LogP contribution in [0.3, 0.4) is 0 Å². The highest BCUT2D eigenvalue weighted by Crippen LogP contribution is 2.32. The van der Waals surface area contributed by atoms with Gasteiger partial charge >= 0.3 is 0 Å². The van der Waals surface area contributed by atoms with Gasteiger partial charge in [-0.1, -0.05) is 42.1 Å². The summed E-state index contributed by atoms with van der Waals surface area (Å²) in [5, 5.41) is 11.2. The summed E-state index contributed by atoms with van der Waals surface area (Å²) < 4.78 is 5.65. The van der Waals surface area contributed by atoms with Gasteiger partial charge in [0.05, 0.1) is 17.1 Å². The number of rotatable bonds is 4. The monoisotopic (exact) mass is 394 g/mol. The lowest BCUT2D eigenvalue weighted by molar-refractivity contribution is -0.117. The van der Waals surface area contributed by atoms with E-state index in [1.54, 1.807) is 11.0 Å². The first-order valence-electron chi connectivity index (χ1n) is 8.84. The van der Waals surface area contributed by atoms with Crippen LogP contribution in [0.5, 0.6) is 0 Å². The third kappa shape index (κ3) is 3.77.